The molecule has 2 aromatic carbocycles. The Balaban J connectivity index is -0.000000528. The summed E-state index contributed by atoms with van der Waals surface area (Å²) in [5, 5.41) is 47.3. The minimum atomic E-state index is -3.38. The lowest BCUT2D eigenvalue weighted by atomic mass is 10.1. The van der Waals surface area contributed by atoms with E-state index in [-0.39, 0.29) is 149 Å². The van der Waals surface area contributed by atoms with Gasteiger partial charge in [0.1, 0.15) is 0 Å². The summed E-state index contributed by atoms with van der Waals surface area (Å²) < 4.78 is 89.8. The summed E-state index contributed by atoms with van der Waals surface area (Å²) >= 11 is 5.23. The van der Waals surface area contributed by atoms with E-state index in [1.54, 1.807) is 48.5 Å². The zero-order chi connectivity index (χ0) is 74.0. The fourth-order valence-electron chi connectivity index (χ4n) is 5.88. The number of alkyl halides is 1. The Labute approximate surface area is 568 Å². The number of amides is 4. The highest BCUT2D eigenvalue weighted by Crippen LogP contribution is 2.23. The molecule has 0 saturated heterocycles. The van der Waals surface area contributed by atoms with Crippen molar-refractivity contribution in [2.45, 2.75) is 0 Å². The van der Waals surface area contributed by atoms with Gasteiger partial charge in [0.05, 0.1) is 187 Å². The number of benzene rings is 2. The third-order valence-electron chi connectivity index (χ3n) is 9.71. The molecule has 2 aromatic rings. The molecule has 0 aromatic heterocycles. The summed E-state index contributed by atoms with van der Waals surface area (Å²) in [6.45, 7) is 8.07. The molecule has 4 amide bonds. The van der Waals surface area contributed by atoms with E-state index in [0.717, 1.165) is 22.3 Å². The van der Waals surface area contributed by atoms with Gasteiger partial charge in [0.2, 0.25) is 0 Å². The molecule has 2 aliphatic heterocycles. The highest BCUT2D eigenvalue weighted by atomic mass is 35.5. The molecule has 45 nitrogen and oxygen atoms in total. The molecule has 0 spiro atoms. The Kier molecular flexibility index (Phi) is 69.8. The Morgan fingerprint density at radius 2 is 0.602 bits per heavy atom. The van der Waals surface area contributed by atoms with Crippen LogP contribution in [0, 0.1) is 0 Å². The van der Waals surface area contributed by atoms with Gasteiger partial charge in [0.25, 0.3) is 43.9 Å². The number of aliphatic hydroxyl groups is 3. The topological polar surface area (TPSA) is 663 Å². The molecule has 548 valence electrons. The number of azide groups is 7. The van der Waals surface area contributed by atoms with E-state index >= 15 is 0 Å². The number of rotatable bonds is 45. The molecule has 0 saturated carbocycles. The van der Waals surface area contributed by atoms with E-state index in [2.05, 4.69) is 78.5 Å². The van der Waals surface area contributed by atoms with E-state index in [9.17, 15) is 36.0 Å². The maximum atomic E-state index is 12.0. The third kappa shape index (κ3) is 61.1. The Hall–Kier alpha value is -8.48. The second-order valence-electron chi connectivity index (χ2n) is 16.9. The SMILES string of the molecule is CS(=O)(=O)OCCOCCN=[N+]=[N-].CS(=O)(=O)OCCOCCN=[N+]=[N-].OCCOCCCl.[N-]=[N+]=NCCOCCN.[N-]=[N+]=NCCOCCN1C(=O)c2ccccc2C1=O.[N-]=[N+]=NCCOCCN1C(=O)c2ccccc2C1=O.[N-]=[N+]=NCCOCCO.[N-]=[N+]=NCCOCCO. The zero-order valence-corrected chi connectivity index (χ0v) is 56.4. The second-order valence-corrected chi connectivity index (χ2v) is 20.6. The third-order valence-corrected chi connectivity index (χ3v) is 11.1. The van der Waals surface area contributed by atoms with Crippen LogP contribution in [0.1, 0.15) is 41.4 Å². The normalized spacial score (nSPS) is 11.1. The highest BCUT2D eigenvalue weighted by molar-refractivity contribution is 7.86. The monoisotopic (exact) mass is 1450 g/mol. The summed E-state index contributed by atoms with van der Waals surface area (Å²) in [5.74, 6) is -0.669. The number of nitrogens with zero attached hydrogens (tertiary/aromatic N) is 23. The fraction of sp³-hybridized carbons (Fsp3) is 0.680. The van der Waals surface area contributed by atoms with E-state index in [1.807, 2.05) is 0 Å². The zero-order valence-electron chi connectivity index (χ0n) is 54.0. The van der Waals surface area contributed by atoms with Gasteiger partial charge in [0, 0.05) is 92.6 Å². The molecule has 48 heteroatoms. The van der Waals surface area contributed by atoms with Crippen molar-refractivity contribution in [1.82, 2.24) is 9.80 Å². The maximum absolute atomic E-state index is 12.0. The molecular formula is C50H83ClN24O21S2. The molecule has 0 aliphatic carbocycles. The van der Waals surface area contributed by atoms with Crippen LogP contribution in [0.5, 0.6) is 0 Å². The lowest BCUT2D eigenvalue weighted by Gasteiger charge is -2.13. The predicted octanol–water partition coefficient (Wildman–Crippen LogP) is 4.92. The van der Waals surface area contributed by atoms with Crippen LogP contribution in [0.15, 0.2) is 84.3 Å². The first-order valence-electron chi connectivity index (χ1n) is 28.6. The largest absolute Gasteiger partial charge is 0.394 e. The first-order valence-corrected chi connectivity index (χ1v) is 32.8. The minimum Gasteiger partial charge on any atom is -0.394 e. The first-order chi connectivity index (χ1) is 47.3. The standard InChI is InChI=1S/2C12H12N4O3.2C5H11N3O4S.C4H9ClO2.C4H10N4O.2C4H9N3O2/c2*13-15-14-5-7-19-8-6-16-11(17)9-3-1-2-4-10(9)12(16)18;2*1-13(9,10)12-5-4-11-3-2-7-8-6;5-1-3-7-4-2-6;5-1-3-9-4-2-7-8-6;2*5-7-6-1-3-9-4-2-8/h2*1-4H,5-8H2;2*2-5H2,1H3;6H,1-4H2;1-5H2;2*8H,1-4H2. The Morgan fingerprint density at radius 3 is 0.816 bits per heavy atom. The van der Waals surface area contributed by atoms with Gasteiger partial charge >= 0.3 is 0 Å². The fourth-order valence-corrected chi connectivity index (χ4v) is 6.73. The molecular weight excluding hydrogens is 1370 g/mol. The number of hydrogen-bond acceptors (Lipinski definition) is 29. The van der Waals surface area contributed by atoms with Crippen molar-refractivity contribution in [1.29, 1.82) is 0 Å². The van der Waals surface area contributed by atoms with Gasteiger partial charge < -0.3 is 58.9 Å². The van der Waals surface area contributed by atoms with Crippen LogP contribution >= 0.6 is 11.6 Å². The smallest absolute Gasteiger partial charge is 0.264 e. The van der Waals surface area contributed by atoms with Gasteiger partial charge in [-0.1, -0.05) is 60.1 Å². The van der Waals surface area contributed by atoms with E-state index in [1.165, 1.54) is 0 Å². The van der Waals surface area contributed by atoms with Crippen molar-refractivity contribution in [2.75, 3.05) is 223 Å². The van der Waals surface area contributed by atoms with Crippen LogP contribution < -0.4 is 5.73 Å². The molecule has 0 fully saturated rings. The van der Waals surface area contributed by atoms with Crippen molar-refractivity contribution < 1.29 is 97.6 Å². The van der Waals surface area contributed by atoms with Crippen LogP contribution in [0.2, 0.25) is 0 Å². The maximum Gasteiger partial charge on any atom is 0.264 e. The van der Waals surface area contributed by atoms with Crippen molar-refractivity contribution in [2.24, 2.45) is 41.5 Å². The molecule has 2 aliphatic rings. The lowest BCUT2D eigenvalue weighted by molar-refractivity contribution is 0.0558. The number of halogens is 1. The van der Waals surface area contributed by atoms with Crippen LogP contribution in [0.25, 0.3) is 73.1 Å². The Bertz CT molecular complexity index is 2780. The molecule has 0 unspecified atom stereocenters. The summed E-state index contributed by atoms with van der Waals surface area (Å²) in [4.78, 5) is 67.9. The van der Waals surface area contributed by atoms with Gasteiger partial charge in [-0.3, -0.25) is 37.3 Å². The van der Waals surface area contributed by atoms with Crippen LogP contribution in [-0.2, 0) is 66.5 Å². The van der Waals surface area contributed by atoms with Crippen molar-refractivity contribution in [3.05, 3.63) is 144 Å². The number of carbonyl (C=O) groups excluding carboxylic acids is 4. The molecule has 0 radical (unpaired) electrons. The van der Waals surface area contributed by atoms with E-state index in [4.69, 9.17) is 109 Å². The van der Waals surface area contributed by atoms with E-state index in [0.29, 0.717) is 107 Å². The van der Waals surface area contributed by atoms with Crippen molar-refractivity contribution in [3.63, 3.8) is 0 Å². The number of nitrogens with two attached hydrogens (primary N) is 1. The molecule has 5 N–H and O–H groups in total. The molecule has 2 heterocycles. The number of hydrogen-bond donors (Lipinski definition) is 4. The first kappa shape index (κ1) is 95.9. The number of aliphatic hydroxyl groups excluding tert-OH is 3. The summed E-state index contributed by atoms with van der Waals surface area (Å²) in [6, 6.07) is 13.5. The quantitative estimate of drug-likeness (QED) is 0.0130. The van der Waals surface area contributed by atoms with Crippen molar-refractivity contribution >= 4 is 55.5 Å². The molecule has 98 heavy (non-hydrogen) atoms. The molecule has 0 atom stereocenters. The van der Waals surface area contributed by atoms with Crippen molar-refractivity contribution in [3.8, 4) is 0 Å². The highest BCUT2D eigenvalue weighted by Gasteiger charge is 2.35. The van der Waals surface area contributed by atoms with Gasteiger partial charge in [-0.25, -0.2) is 0 Å². The van der Waals surface area contributed by atoms with Crippen LogP contribution in [0.3, 0.4) is 0 Å². The molecule has 0 bridgehead atoms. The number of imide groups is 2. The average Bonchev–Trinajstić information content (AvgIpc) is 1.66. The average molecular weight is 1460 g/mol. The predicted molar refractivity (Wildman–Crippen MR) is 351 cm³/mol. The second kappa shape index (κ2) is 71.3. The van der Waals surface area contributed by atoms with Gasteiger partial charge in [-0.15, -0.1) is 11.6 Å². The summed E-state index contributed by atoms with van der Waals surface area (Å²) in [6.07, 6.45) is 1.93. The van der Waals surface area contributed by atoms with E-state index < -0.39 is 20.2 Å². The van der Waals surface area contributed by atoms with Gasteiger partial charge in [-0.2, -0.15) is 16.8 Å². The summed E-state index contributed by atoms with van der Waals surface area (Å²) in [5.41, 5.74) is 62.1. The summed E-state index contributed by atoms with van der Waals surface area (Å²) in [7, 11) is -6.77. The number of fused-ring (bicyclic) bond motifs is 2. The van der Waals surface area contributed by atoms with Gasteiger partial charge in [0.15, 0.2) is 0 Å². The lowest BCUT2D eigenvalue weighted by Crippen LogP contribution is -2.33. The number of carbonyl (C=O) groups is 4. The Morgan fingerprint density at radius 1 is 0.378 bits per heavy atom. The minimum absolute atomic E-state index is 0.0102. The molecule has 4 rings (SSSR count). The number of ether oxygens (including phenoxy) is 8. The van der Waals surface area contributed by atoms with Gasteiger partial charge in [-0.05, 0) is 63.0 Å². The van der Waals surface area contributed by atoms with Crippen LogP contribution in [-0.4, -0.2) is 288 Å². The van der Waals surface area contributed by atoms with Crippen LogP contribution in [0.4, 0.5) is 0 Å².